The zero-order valence-electron chi connectivity index (χ0n) is 15.7. The number of benzene rings is 2. The summed E-state index contributed by atoms with van der Waals surface area (Å²) in [7, 11) is -3.95. The number of alkyl halides is 3. The van der Waals surface area contributed by atoms with Gasteiger partial charge in [0.1, 0.15) is 0 Å². The molecule has 1 aliphatic rings. The quantitative estimate of drug-likeness (QED) is 0.797. The molecule has 0 radical (unpaired) electrons. The molecule has 0 aliphatic carbocycles. The van der Waals surface area contributed by atoms with Gasteiger partial charge in [-0.05, 0) is 55.7 Å². The fraction of sp³-hybridized carbons (Fsp3) is 0.350. The number of hydrogen-bond acceptors (Lipinski definition) is 3. The Morgan fingerprint density at radius 1 is 1.14 bits per heavy atom. The number of carbonyl (C=O) groups is 1. The van der Waals surface area contributed by atoms with E-state index in [4.69, 9.17) is 0 Å². The lowest BCUT2D eigenvalue weighted by Crippen LogP contribution is -2.44. The Bertz CT molecular complexity index is 1010. The van der Waals surface area contributed by atoms with E-state index in [2.05, 4.69) is 4.72 Å². The van der Waals surface area contributed by atoms with Crippen molar-refractivity contribution in [3.63, 3.8) is 0 Å². The second-order valence-electron chi connectivity index (χ2n) is 7.13. The zero-order chi connectivity index (χ0) is 21.2. The molecule has 1 aliphatic heterocycles. The van der Waals surface area contributed by atoms with Gasteiger partial charge in [-0.3, -0.25) is 9.52 Å². The number of amides is 1. The number of likely N-dealkylation sites (tertiary alicyclic amines) is 1. The second kappa shape index (κ2) is 8.06. The summed E-state index contributed by atoms with van der Waals surface area (Å²) in [6, 6.07) is 12.1. The minimum Gasteiger partial charge on any atom is -0.338 e. The van der Waals surface area contributed by atoms with E-state index in [0.717, 1.165) is 10.5 Å². The van der Waals surface area contributed by atoms with E-state index in [9.17, 15) is 26.4 Å². The second-order valence-corrected chi connectivity index (χ2v) is 8.82. The Hall–Kier alpha value is -2.55. The minimum atomic E-state index is -4.36. The van der Waals surface area contributed by atoms with Gasteiger partial charge >= 0.3 is 6.18 Å². The topological polar surface area (TPSA) is 66.5 Å². The van der Waals surface area contributed by atoms with Crippen LogP contribution < -0.4 is 4.72 Å². The molecule has 0 unspecified atom stereocenters. The molecule has 0 saturated carbocycles. The number of nitrogens with one attached hydrogen (secondary N) is 1. The van der Waals surface area contributed by atoms with Crippen molar-refractivity contribution >= 4 is 21.6 Å². The number of anilines is 1. The molecule has 5 nitrogen and oxygen atoms in total. The lowest BCUT2D eigenvalue weighted by molar-refractivity contribution is -0.184. The molecule has 29 heavy (non-hydrogen) atoms. The fourth-order valence-corrected chi connectivity index (χ4v) is 4.43. The van der Waals surface area contributed by atoms with Gasteiger partial charge in [0.15, 0.2) is 0 Å². The first-order chi connectivity index (χ1) is 13.6. The number of rotatable bonds is 4. The van der Waals surface area contributed by atoms with E-state index >= 15 is 0 Å². The minimum absolute atomic E-state index is 0.0118. The van der Waals surface area contributed by atoms with Crippen molar-refractivity contribution in [1.29, 1.82) is 0 Å². The van der Waals surface area contributed by atoms with E-state index < -0.39 is 34.6 Å². The summed E-state index contributed by atoms with van der Waals surface area (Å²) in [5.74, 6) is -2.17. The number of nitrogens with zero attached hydrogens (tertiary/aromatic N) is 1. The fourth-order valence-electron chi connectivity index (χ4n) is 3.33. The van der Waals surface area contributed by atoms with Crippen LogP contribution in [0.2, 0.25) is 0 Å². The first-order valence-corrected chi connectivity index (χ1v) is 10.6. The predicted octanol–water partition coefficient (Wildman–Crippen LogP) is 4.21. The summed E-state index contributed by atoms with van der Waals surface area (Å²) in [6.07, 6.45) is -4.12. The average molecular weight is 426 g/mol. The number of hydrogen-bond donors (Lipinski definition) is 1. The molecule has 0 bridgehead atoms. The van der Waals surface area contributed by atoms with Crippen LogP contribution in [-0.2, 0) is 10.0 Å². The van der Waals surface area contributed by atoms with Crippen molar-refractivity contribution in [2.24, 2.45) is 5.92 Å². The monoisotopic (exact) mass is 426 g/mol. The summed E-state index contributed by atoms with van der Waals surface area (Å²) in [4.78, 5) is 13.7. The van der Waals surface area contributed by atoms with Crippen LogP contribution >= 0.6 is 0 Å². The lowest BCUT2D eigenvalue weighted by atomic mass is 9.97. The molecule has 1 heterocycles. The van der Waals surface area contributed by atoms with Gasteiger partial charge in [-0.1, -0.05) is 18.2 Å². The average Bonchev–Trinajstić information content (AvgIpc) is 2.66. The van der Waals surface area contributed by atoms with Gasteiger partial charge in [-0.25, -0.2) is 8.42 Å². The van der Waals surface area contributed by atoms with Crippen LogP contribution in [0.25, 0.3) is 0 Å². The first-order valence-electron chi connectivity index (χ1n) is 9.12. The van der Waals surface area contributed by atoms with Crippen LogP contribution in [0.3, 0.4) is 0 Å². The molecule has 2 aromatic rings. The molecule has 3 rings (SSSR count). The molecule has 0 spiro atoms. The van der Waals surface area contributed by atoms with Crippen LogP contribution in [0, 0.1) is 12.8 Å². The molecule has 156 valence electrons. The number of carbonyl (C=O) groups excluding carboxylic acids is 1. The van der Waals surface area contributed by atoms with Crippen molar-refractivity contribution in [1.82, 2.24) is 4.90 Å². The van der Waals surface area contributed by atoms with Crippen LogP contribution in [0.4, 0.5) is 18.9 Å². The van der Waals surface area contributed by atoms with Crippen molar-refractivity contribution in [2.75, 3.05) is 17.8 Å². The molecule has 2 aromatic carbocycles. The highest BCUT2D eigenvalue weighted by Gasteiger charge is 2.42. The summed E-state index contributed by atoms with van der Waals surface area (Å²) < 4.78 is 66.8. The third-order valence-electron chi connectivity index (χ3n) is 4.83. The molecule has 1 atom stereocenters. The third kappa shape index (κ3) is 5.09. The summed E-state index contributed by atoms with van der Waals surface area (Å²) in [6.45, 7) is 1.62. The third-order valence-corrected chi connectivity index (χ3v) is 6.21. The summed E-state index contributed by atoms with van der Waals surface area (Å²) >= 11 is 0. The number of sulfonamides is 1. The highest BCUT2D eigenvalue weighted by Crippen LogP contribution is 2.33. The number of aryl methyl sites for hydroxylation is 1. The van der Waals surface area contributed by atoms with Gasteiger partial charge in [0.25, 0.3) is 15.9 Å². The predicted molar refractivity (Wildman–Crippen MR) is 103 cm³/mol. The van der Waals surface area contributed by atoms with Crippen LogP contribution in [0.5, 0.6) is 0 Å². The summed E-state index contributed by atoms with van der Waals surface area (Å²) in [5, 5.41) is 0. The number of piperidine rings is 1. The SMILES string of the molecule is Cc1cccc(NS(=O)(=O)c2cccc(C(=O)N3CCC[C@@H](C(F)(F)F)C3)c2)c1. The van der Waals surface area contributed by atoms with Gasteiger partial charge in [0.05, 0.1) is 10.8 Å². The Balaban J connectivity index is 1.80. The van der Waals surface area contributed by atoms with Gasteiger partial charge in [0, 0.05) is 24.3 Å². The Morgan fingerprint density at radius 3 is 2.55 bits per heavy atom. The van der Waals surface area contributed by atoms with E-state index in [-0.39, 0.29) is 29.8 Å². The Kier molecular flexibility index (Phi) is 5.88. The maximum atomic E-state index is 13.0. The van der Waals surface area contributed by atoms with E-state index in [1.165, 1.54) is 24.3 Å². The maximum Gasteiger partial charge on any atom is 0.393 e. The van der Waals surface area contributed by atoms with Crippen molar-refractivity contribution in [3.8, 4) is 0 Å². The van der Waals surface area contributed by atoms with E-state index in [0.29, 0.717) is 5.69 Å². The molecule has 1 N–H and O–H groups in total. The molecular weight excluding hydrogens is 405 g/mol. The largest absolute Gasteiger partial charge is 0.393 e. The zero-order valence-corrected chi connectivity index (χ0v) is 16.6. The summed E-state index contributed by atoms with van der Waals surface area (Å²) in [5.41, 5.74) is 1.30. The standard InChI is InChI=1S/C20H21F3N2O3S/c1-14-5-2-8-17(11-14)24-29(27,28)18-9-3-6-15(12-18)19(26)25-10-4-7-16(13-25)20(21,22)23/h2-3,5-6,8-9,11-12,16,24H,4,7,10,13H2,1H3/t16-/m1/s1. The molecule has 9 heteroatoms. The van der Waals surface area contributed by atoms with E-state index in [1.807, 2.05) is 13.0 Å². The molecule has 0 aromatic heterocycles. The maximum absolute atomic E-state index is 13.0. The molecule has 1 amide bonds. The molecule has 1 saturated heterocycles. The normalized spacial score (nSPS) is 17.8. The molecule has 1 fully saturated rings. The van der Waals surface area contributed by atoms with Crippen LogP contribution in [0.15, 0.2) is 53.4 Å². The smallest absolute Gasteiger partial charge is 0.338 e. The van der Waals surface area contributed by atoms with Gasteiger partial charge in [-0.15, -0.1) is 0 Å². The first kappa shape index (κ1) is 21.2. The van der Waals surface area contributed by atoms with Gasteiger partial charge < -0.3 is 4.90 Å². The van der Waals surface area contributed by atoms with Gasteiger partial charge in [-0.2, -0.15) is 13.2 Å². The van der Waals surface area contributed by atoms with Crippen molar-refractivity contribution in [2.45, 2.75) is 30.8 Å². The Labute approximate surface area is 167 Å². The van der Waals surface area contributed by atoms with Crippen molar-refractivity contribution < 1.29 is 26.4 Å². The number of halogens is 3. The van der Waals surface area contributed by atoms with E-state index in [1.54, 1.807) is 18.2 Å². The highest BCUT2D eigenvalue weighted by molar-refractivity contribution is 7.92. The van der Waals surface area contributed by atoms with Gasteiger partial charge in [0.2, 0.25) is 0 Å². The molecular formula is C20H21F3N2O3S. The highest BCUT2D eigenvalue weighted by atomic mass is 32.2. The Morgan fingerprint density at radius 2 is 1.86 bits per heavy atom. The van der Waals surface area contributed by atoms with Crippen molar-refractivity contribution in [3.05, 3.63) is 59.7 Å². The van der Waals surface area contributed by atoms with Crippen LogP contribution in [-0.4, -0.2) is 38.5 Å². The lowest BCUT2D eigenvalue weighted by Gasteiger charge is -2.33. The van der Waals surface area contributed by atoms with Crippen LogP contribution in [0.1, 0.15) is 28.8 Å².